The Morgan fingerprint density at radius 3 is 2.66 bits per heavy atom. The number of nitrogens with one attached hydrogen (secondary N) is 2. The van der Waals surface area contributed by atoms with Gasteiger partial charge >= 0.3 is 0 Å². The summed E-state index contributed by atoms with van der Waals surface area (Å²) < 4.78 is 0. The van der Waals surface area contributed by atoms with E-state index in [4.69, 9.17) is 11.6 Å². The van der Waals surface area contributed by atoms with Crippen molar-refractivity contribution in [2.75, 3.05) is 10.6 Å². The number of carbonyl (C=O) groups excluding carboxylic acids is 1. The van der Waals surface area contributed by atoms with E-state index in [0.717, 1.165) is 47.3 Å². The summed E-state index contributed by atoms with van der Waals surface area (Å²) in [5.74, 6) is 0.679. The Kier molecular flexibility index (Phi) is 6.38. The summed E-state index contributed by atoms with van der Waals surface area (Å²) in [5, 5.41) is 17.1. The van der Waals surface area contributed by atoms with Crippen molar-refractivity contribution in [3.05, 3.63) is 100.0 Å². The van der Waals surface area contributed by atoms with Crippen LogP contribution in [0.25, 0.3) is 0 Å². The highest BCUT2D eigenvalue weighted by Gasteiger charge is 2.24. The maximum absolute atomic E-state index is 13.4. The van der Waals surface area contributed by atoms with Gasteiger partial charge < -0.3 is 15.7 Å². The topological polar surface area (TPSA) is 87.1 Å². The molecular formula is C28H25ClN4O2. The average Bonchev–Trinajstić information content (AvgIpc) is 2.98. The Morgan fingerprint density at radius 2 is 1.83 bits per heavy atom. The number of fused-ring (bicyclic) bond motifs is 2. The Hall–Kier alpha value is -3.90. The maximum atomic E-state index is 13.4. The predicted molar refractivity (Wildman–Crippen MR) is 139 cm³/mol. The lowest BCUT2D eigenvalue weighted by atomic mass is 9.98. The van der Waals surface area contributed by atoms with Gasteiger partial charge in [0, 0.05) is 36.3 Å². The van der Waals surface area contributed by atoms with Crippen molar-refractivity contribution < 1.29 is 9.90 Å². The number of hydrogen-bond acceptors (Lipinski definition) is 6. The fourth-order valence-electron chi connectivity index (χ4n) is 4.34. The molecule has 0 bridgehead atoms. The van der Waals surface area contributed by atoms with Crippen molar-refractivity contribution in [1.29, 1.82) is 0 Å². The van der Waals surface area contributed by atoms with Crippen LogP contribution in [0.15, 0.2) is 67.0 Å². The van der Waals surface area contributed by atoms with Gasteiger partial charge in [0.15, 0.2) is 5.78 Å². The number of ketones is 1. The van der Waals surface area contributed by atoms with Crippen molar-refractivity contribution >= 4 is 40.3 Å². The summed E-state index contributed by atoms with van der Waals surface area (Å²) in [6, 6.07) is 17.0. The fraction of sp³-hybridized carbons (Fsp3) is 0.179. The smallest absolute Gasteiger partial charge is 0.173 e. The van der Waals surface area contributed by atoms with E-state index >= 15 is 0 Å². The van der Waals surface area contributed by atoms with E-state index in [1.54, 1.807) is 24.4 Å². The van der Waals surface area contributed by atoms with Crippen LogP contribution < -0.4 is 10.6 Å². The molecule has 4 aromatic rings. The van der Waals surface area contributed by atoms with Gasteiger partial charge in [0.1, 0.15) is 16.7 Å². The highest BCUT2D eigenvalue weighted by atomic mass is 35.5. The number of hydrogen-bond donors (Lipinski definition) is 3. The van der Waals surface area contributed by atoms with Gasteiger partial charge in [0.25, 0.3) is 0 Å². The normalized spacial score (nSPS) is 12.3. The van der Waals surface area contributed by atoms with Crippen LogP contribution >= 0.6 is 11.6 Å². The molecule has 6 nitrogen and oxygen atoms in total. The number of anilines is 4. The zero-order valence-electron chi connectivity index (χ0n) is 19.3. The number of rotatable bonds is 6. The summed E-state index contributed by atoms with van der Waals surface area (Å²) in [4.78, 5) is 22.0. The average molecular weight is 485 g/mol. The van der Waals surface area contributed by atoms with Crippen LogP contribution in [0.1, 0.15) is 39.0 Å². The molecule has 0 saturated heterocycles. The number of pyridine rings is 2. The minimum absolute atomic E-state index is 0.0101. The van der Waals surface area contributed by atoms with Crippen molar-refractivity contribution in [3.8, 4) is 5.75 Å². The van der Waals surface area contributed by atoms with Crippen LogP contribution in [-0.4, -0.2) is 20.9 Å². The maximum Gasteiger partial charge on any atom is 0.173 e. The minimum Gasteiger partial charge on any atom is -0.508 e. The molecule has 3 N–H and O–H groups in total. The third-order valence-corrected chi connectivity index (χ3v) is 6.44. The Bertz CT molecular complexity index is 1400. The van der Waals surface area contributed by atoms with Crippen molar-refractivity contribution in [3.63, 3.8) is 0 Å². The zero-order chi connectivity index (χ0) is 24.4. The number of benzene rings is 2. The number of Topliss-reactive ketones (excluding diaryl/α,β-unsaturated/α-hetero) is 1. The lowest BCUT2D eigenvalue weighted by molar-refractivity contribution is 0.0995. The second kappa shape index (κ2) is 9.76. The molecule has 0 aliphatic carbocycles. The number of nitrogens with zero attached hydrogens (tertiary/aromatic N) is 2. The molecule has 35 heavy (non-hydrogen) atoms. The van der Waals surface area contributed by atoms with Gasteiger partial charge in [-0.3, -0.25) is 4.79 Å². The molecule has 0 atom stereocenters. The molecule has 1 aliphatic rings. The highest BCUT2D eigenvalue weighted by molar-refractivity contribution is 6.29. The van der Waals surface area contributed by atoms with E-state index in [0.29, 0.717) is 22.2 Å². The first-order valence-electron chi connectivity index (χ1n) is 11.5. The van der Waals surface area contributed by atoms with Crippen LogP contribution in [0.2, 0.25) is 5.15 Å². The lowest BCUT2D eigenvalue weighted by Crippen LogP contribution is -2.08. The Labute approximate surface area is 209 Å². The first-order valence-corrected chi connectivity index (χ1v) is 11.9. The van der Waals surface area contributed by atoms with E-state index in [2.05, 4.69) is 32.7 Å². The number of phenolic OH excluding ortho intramolecular Hbond substituents is 1. The van der Waals surface area contributed by atoms with Gasteiger partial charge in [0.2, 0.25) is 0 Å². The van der Waals surface area contributed by atoms with Crippen molar-refractivity contribution in [2.45, 2.75) is 32.6 Å². The molecule has 1 aliphatic heterocycles. The second-order valence-electron chi connectivity index (χ2n) is 8.77. The minimum atomic E-state index is -0.0101. The number of halogens is 1. The van der Waals surface area contributed by atoms with Gasteiger partial charge in [-0.1, -0.05) is 35.9 Å². The van der Waals surface area contributed by atoms with Gasteiger partial charge in [-0.2, -0.15) is 0 Å². The SMILES string of the molecule is Cc1ccc(O)cc1Nc1ccnc2c1C(=O)Cc1cc(CCCc3ccc(Cl)nc3)ccc1N2. The van der Waals surface area contributed by atoms with Gasteiger partial charge in [-0.25, -0.2) is 9.97 Å². The number of aromatic nitrogens is 2. The Morgan fingerprint density at radius 1 is 1.00 bits per heavy atom. The molecule has 0 unspecified atom stereocenters. The summed E-state index contributed by atoms with van der Waals surface area (Å²) >= 11 is 5.87. The number of phenols is 1. The standard InChI is InChI=1S/C28H25ClN4O2/c1-17-5-8-21(34)15-24(17)32-23-11-12-30-28-27(23)25(35)14-20-13-18(6-9-22(20)33-28)3-2-4-19-7-10-26(29)31-16-19/h5-13,15-16,34H,2-4,14H2,1H3,(H2,30,32,33). The summed E-state index contributed by atoms with van der Waals surface area (Å²) in [6.07, 6.45) is 6.56. The monoisotopic (exact) mass is 484 g/mol. The van der Waals surface area contributed by atoms with E-state index < -0.39 is 0 Å². The van der Waals surface area contributed by atoms with Crippen molar-refractivity contribution in [2.24, 2.45) is 0 Å². The third-order valence-electron chi connectivity index (χ3n) is 6.21. The Balaban J connectivity index is 1.35. The number of aryl methyl sites for hydroxylation is 3. The van der Waals surface area contributed by atoms with Crippen LogP contribution in [-0.2, 0) is 19.3 Å². The summed E-state index contributed by atoms with van der Waals surface area (Å²) in [7, 11) is 0. The molecule has 0 saturated carbocycles. The first-order chi connectivity index (χ1) is 17.0. The summed E-state index contributed by atoms with van der Waals surface area (Å²) in [6.45, 7) is 1.95. The summed E-state index contributed by atoms with van der Waals surface area (Å²) in [5.41, 5.74) is 7.07. The molecule has 5 rings (SSSR count). The van der Waals surface area contributed by atoms with E-state index in [1.807, 2.05) is 37.4 Å². The molecule has 7 heteroatoms. The quantitative estimate of drug-likeness (QED) is 0.269. The first kappa shape index (κ1) is 22.9. The number of aromatic hydroxyl groups is 1. The third kappa shape index (κ3) is 5.12. The lowest BCUT2D eigenvalue weighted by Gasteiger charge is -2.15. The molecule has 0 radical (unpaired) electrons. The molecule has 2 aromatic heterocycles. The van der Waals surface area contributed by atoms with Crippen LogP contribution in [0.4, 0.5) is 22.9 Å². The van der Waals surface area contributed by atoms with E-state index in [9.17, 15) is 9.90 Å². The largest absolute Gasteiger partial charge is 0.508 e. The van der Waals surface area contributed by atoms with E-state index in [-0.39, 0.29) is 18.0 Å². The number of carbonyl (C=O) groups is 1. The highest BCUT2D eigenvalue weighted by Crippen LogP contribution is 2.35. The molecular weight excluding hydrogens is 460 g/mol. The molecule has 2 aromatic carbocycles. The van der Waals surface area contributed by atoms with Gasteiger partial charge in [0.05, 0.1) is 11.3 Å². The molecule has 0 spiro atoms. The molecule has 176 valence electrons. The fourth-order valence-corrected chi connectivity index (χ4v) is 4.46. The van der Waals surface area contributed by atoms with E-state index in [1.165, 1.54) is 5.56 Å². The van der Waals surface area contributed by atoms with Gasteiger partial charge in [-0.05, 0) is 72.7 Å². The molecule has 3 heterocycles. The molecule has 0 fully saturated rings. The van der Waals surface area contributed by atoms with Crippen LogP contribution in [0, 0.1) is 6.92 Å². The zero-order valence-corrected chi connectivity index (χ0v) is 20.1. The van der Waals surface area contributed by atoms with Crippen LogP contribution in [0.5, 0.6) is 5.75 Å². The van der Waals surface area contributed by atoms with Crippen molar-refractivity contribution in [1.82, 2.24) is 9.97 Å². The van der Waals surface area contributed by atoms with Crippen LogP contribution in [0.3, 0.4) is 0 Å². The second-order valence-corrected chi connectivity index (χ2v) is 9.15. The predicted octanol–water partition coefficient (Wildman–Crippen LogP) is 6.55. The molecule has 0 amide bonds. The van der Waals surface area contributed by atoms with Gasteiger partial charge in [-0.15, -0.1) is 0 Å².